The molecule has 1 heteroatoms. The Balaban J connectivity index is 0.000000222. The molecule has 8 heavy (non-hydrogen) atoms. The molecule has 50 valence electrons. The van der Waals surface area contributed by atoms with Gasteiger partial charge in [-0.1, -0.05) is 32.6 Å². The van der Waals surface area contributed by atoms with Crippen molar-refractivity contribution in [1.29, 1.82) is 0 Å². The third kappa shape index (κ3) is 3.36. The number of rotatable bonds is 0. The summed E-state index contributed by atoms with van der Waals surface area (Å²) in [6, 6.07) is 0. The summed E-state index contributed by atoms with van der Waals surface area (Å²) in [5.41, 5.74) is 0. The lowest BCUT2D eigenvalue weighted by atomic mass is 10.2. The van der Waals surface area contributed by atoms with Gasteiger partial charge in [0, 0.05) is 0 Å². The van der Waals surface area contributed by atoms with Crippen LogP contribution in [0, 0.1) is 5.92 Å². The Morgan fingerprint density at radius 1 is 1.12 bits per heavy atom. The minimum atomic E-state index is 1.05. The van der Waals surface area contributed by atoms with E-state index in [1.54, 1.807) is 6.26 Å². The summed E-state index contributed by atoms with van der Waals surface area (Å²) in [5, 5.41) is 0. The molecule has 0 aromatic heterocycles. The molecule has 1 saturated carbocycles. The van der Waals surface area contributed by atoms with Crippen LogP contribution in [0.25, 0.3) is 0 Å². The molecule has 0 aromatic carbocycles. The van der Waals surface area contributed by atoms with E-state index in [4.69, 9.17) is 0 Å². The highest BCUT2D eigenvalue weighted by Gasteiger charge is 2.07. The Morgan fingerprint density at radius 2 is 1.50 bits per heavy atom. The van der Waals surface area contributed by atoms with Crippen LogP contribution in [0.2, 0.25) is 0 Å². The summed E-state index contributed by atoms with van der Waals surface area (Å²) in [5.74, 6) is 1.05. The van der Waals surface area contributed by atoms with Gasteiger partial charge in [-0.3, -0.25) is 0 Å². The summed E-state index contributed by atoms with van der Waals surface area (Å²) < 4.78 is 0. The van der Waals surface area contributed by atoms with Gasteiger partial charge in [0.1, 0.15) is 0 Å². The van der Waals surface area contributed by atoms with Crippen LogP contribution in [0.15, 0.2) is 0 Å². The monoisotopic (exact) mass is 132 g/mol. The van der Waals surface area contributed by atoms with Gasteiger partial charge in [-0.25, -0.2) is 0 Å². The molecular weight excluding hydrogens is 116 g/mol. The molecular formula is C7H16S. The Kier molecular flexibility index (Phi) is 5.73. The second-order valence-corrected chi connectivity index (χ2v) is 2.39. The van der Waals surface area contributed by atoms with E-state index in [1.165, 1.54) is 25.7 Å². The fourth-order valence-electron chi connectivity index (χ4n) is 1.13. The first-order valence-electron chi connectivity index (χ1n) is 3.34. The highest BCUT2D eigenvalue weighted by Crippen LogP contribution is 2.22. The van der Waals surface area contributed by atoms with Crippen molar-refractivity contribution in [3.05, 3.63) is 0 Å². The number of thiol groups is 1. The second-order valence-electron chi connectivity index (χ2n) is 2.39. The predicted molar refractivity (Wildman–Crippen MR) is 42.5 cm³/mol. The molecule has 1 rings (SSSR count). The SMILES string of the molecule is CC1CCCC1.CS. The third-order valence-electron chi connectivity index (χ3n) is 1.64. The van der Waals surface area contributed by atoms with Gasteiger partial charge in [-0.15, -0.1) is 0 Å². The Labute approximate surface area is 58.1 Å². The van der Waals surface area contributed by atoms with Gasteiger partial charge >= 0.3 is 0 Å². The summed E-state index contributed by atoms with van der Waals surface area (Å²) >= 11 is 3.53. The summed E-state index contributed by atoms with van der Waals surface area (Å²) in [7, 11) is 0. The molecule has 0 heterocycles. The summed E-state index contributed by atoms with van der Waals surface area (Å²) in [6.45, 7) is 2.34. The lowest BCUT2D eigenvalue weighted by Gasteiger charge is -1.91. The van der Waals surface area contributed by atoms with Crippen molar-refractivity contribution >= 4 is 12.6 Å². The molecule has 0 amide bonds. The molecule has 0 saturated heterocycles. The topological polar surface area (TPSA) is 0 Å². The van der Waals surface area contributed by atoms with Crippen molar-refractivity contribution in [2.24, 2.45) is 5.92 Å². The van der Waals surface area contributed by atoms with E-state index < -0.39 is 0 Å². The van der Waals surface area contributed by atoms with E-state index in [2.05, 4.69) is 19.6 Å². The average molecular weight is 132 g/mol. The van der Waals surface area contributed by atoms with Gasteiger partial charge < -0.3 is 0 Å². The van der Waals surface area contributed by atoms with Crippen molar-refractivity contribution in [2.75, 3.05) is 6.26 Å². The molecule has 0 aliphatic heterocycles. The smallest absolute Gasteiger partial charge is 0.0215 e. The molecule has 0 spiro atoms. The summed E-state index contributed by atoms with van der Waals surface area (Å²) in [4.78, 5) is 0. The fourth-order valence-corrected chi connectivity index (χ4v) is 1.13. The van der Waals surface area contributed by atoms with E-state index in [-0.39, 0.29) is 0 Å². The predicted octanol–water partition coefficient (Wildman–Crippen LogP) is 2.74. The molecule has 0 nitrogen and oxygen atoms in total. The molecule has 0 unspecified atom stereocenters. The van der Waals surface area contributed by atoms with Gasteiger partial charge in [-0.05, 0) is 12.2 Å². The van der Waals surface area contributed by atoms with Gasteiger partial charge in [0.2, 0.25) is 0 Å². The normalized spacial score (nSPS) is 19.9. The lowest BCUT2D eigenvalue weighted by molar-refractivity contribution is 0.612. The largest absolute Gasteiger partial charge is 0.183 e. The standard InChI is InChI=1S/C6H12.CH4S/c1-6-4-2-3-5-6;1-2/h6H,2-5H2,1H3;2H,1H3. The number of hydrogen-bond acceptors (Lipinski definition) is 1. The van der Waals surface area contributed by atoms with Crippen LogP contribution in [-0.2, 0) is 0 Å². The first-order valence-corrected chi connectivity index (χ1v) is 4.24. The quantitative estimate of drug-likeness (QED) is 0.481. The van der Waals surface area contributed by atoms with Crippen LogP contribution in [0.5, 0.6) is 0 Å². The molecule has 0 bridgehead atoms. The summed E-state index contributed by atoms with van der Waals surface area (Å²) in [6.07, 6.45) is 7.64. The van der Waals surface area contributed by atoms with Crippen LogP contribution in [0.3, 0.4) is 0 Å². The highest BCUT2D eigenvalue weighted by atomic mass is 32.1. The fraction of sp³-hybridized carbons (Fsp3) is 1.00. The van der Waals surface area contributed by atoms with Crippen LogP contribution < -0.4 is 0 Å². The molecule has 1 fully saturated rings. The molecule has 0 atom stereocenters. The molecule has 1 aliphatic carbocycles. The van der Waals surface area contributed by atoms with Gasteiger partial charge in [-0.2, -0.15) is 12.6 Å². The second kappa shape index (κ2) is 5.49. The van der Waals surface area contributed by atoms with E-state index in [0.29, 0.717) is 0 Å². The van der Waals surface area contributed by atoms with Gasteiger partial charge in [0.25, 0.3) is 0 Å². The maximum Gasteiger partial charge on any atom is -0.0215 e. The number of hydrogen-bond donors (Lipinski definition) is 1. The zero-order valence-corrected chi connectivity index (χ0v) is 6.75. The van der Waals surface area contributed by atoms with Crippen molar-refractivity contribution < 1.29 is 0 Å². The van der Waals surface area contributed by atoms with Crippen LogP contribution in [0.1, 0.15) is 32.6 Å². The lowest BCUT2D eigenvalue weighted by Crippen LogP contribution is -1.78. The molecule has 1 aliphatic rings. The van der Waals surface area contributed by atoms with Crippen molar-refractivity contribution in [3.63, 3.8) is 0 Å². The molecule has 0 N–H and O–H groups in total. The van der Waals surface area contributed by atoms with Gasteiger partial charge in [0.05, 0.1) is 0 Å². The maximum absolute atomic E-state index is 3.53. The van der Waals surface area contributed by atoms with Crippen LogP contribution >= 0.6 is 12.6 Å². The Hall–Kier alpha value is 0.350. The average Bonchev–Trinajstić information content (AvgIpc) is 2.24. The Bertz CT molecular complexity index is 37.7. The first kappa shape index (κ1) is 8.35. The third-order valence-corrected chi connectivity index (χ3v) is 1.64. The highest BCUT2D eigenvalue weighted by molar-refractivity contribution is 7.79. The zero-order valence-electron chi connectivity index (χ0n) is 5.85. The molecule has 0 radical (unpaired) electrons. The Morgan fingerprint density at radius 3 is 1.62 bits per heavy atom. The van der Waals surface area contributed by atoms with Crippen molar-refractivity contribution in [3.8, 4) is 0 Å². The van der Waals surface area contributed by atoms with E-state index >= 15 is 0 Å². The van der Waals surface area contributed by atoms with E-state index in [1.807, 2.05) is 0 Å². The van der Waals surface area contributed by atoms with Crippen LogP contribution in [-0.4, -0.2) is 6.26 Å². The van der Waals surface area contributed by atoms with Gasteiger partial charge in [0.15, 0.2) is 0 Å². The zero-order chi connectivity index (χ0) is 6.41. The van der Waals surface area contributed by atoms with E-state index in [9.17, 15) is 0 Å². The van der Waals surface area contributed by atoms with Crippen molar-refractivity contribution in [1.82, 2.24) is 0 Å². The minimum Gasteiger partial charge on any atom is -0.183 e. The maximum atomic E-state index is 3.53. The minimum absolute atomic E-state index is 1.05. The van der Waals surface area contributed by atoms with Crippen molar-refractivity contribution in [2.45, 2.75) is 32.6 Å². The molecule has 0 aromatic rings. The first-order chi connectivity index (χ1) is 3.89. The van der Waals surface area contributed by atoms with Crippen LogP contribution in [0.4, 0.5) is 0 Å². The van der Waals surface area contributed by atoms with E-state index in [0.717, 1.165) is 5.92 Å².